The van der Waals surface area contributed by atoms with Gasteiger partial charge in [-0.05, 0) is 44.0 Å². The van der Waals surface area contributed by atoms with Crippen LogP contribution in [0.4, 0.5) is 0 Å². The van der Waals surface area contributed by atoms with Crippen molar-refractivity contribution in [3.05, 3.63) is 33.8 Å². The van der Waals surface area contributed by atoms with E-state index in [1.54, 1.807) is 0 Å². The number of benzene rings is 1. The van der Waals surface area contributed by atoms with Crippen molar-refractivity contribution in [3.8, 4) is 0 Å². The molecular weight excluding hydrogens is 281 g/mol. The molecule has 1 fully saturated rings. The highest BCUT2D eigenvalue weighted by atomic mass is 35.5. The van der Waals surface area contributed by atoms with Gasteiger partial charge in [0.05, 0.1) is 6.10 Å². The van der Waals surface area contributed by atoms with Crippen LogP contribution in [0.2, 0.25) is 10.0 Å². The molecule has 0 bridgehead atoms. The molecule has 0 saturated carbocycles. The lowest BCUT2D eigenvalue weighted by Gasteiger charge is -2.27. The Bertz CT molecular complexity index is 404. The Morgan fingerprint density at radius 1 is 1.37 bits per heavy atom. The second kappa shape index (κ2) is 6.94. The predicted molar refractivity (Wildman–Crippen MR) is 81.2 cm³/mol. The van der Waals surface area contributed by atoms with Crippen LogP contribution in [0.1, 0.15) is 25.8 Å². The molecule has 0 aromatic heterocycles. The van der Waals surface area contributed by atoms with Crippen molar-refractivity contribution >= 4 is 23.2 Å². The molecule has 0 spiro atoms. The predicted octanol–water partition coefficient (Wildman–Crippen LogP) is 3.94. The number of likely N-dealkylation sites (N-methyl/N-ethyl adjacent to an activating group) is 1. The molecule has 3 atom stereocenters. The molecule has 2 rings (SSSR count). The highest BCUT2D eigenvalue weighted by Gasteiger charge is 2.32. The van der Waals surface area contributed by atoms with E-state index >= 15 is 0 Å². The van der Waals surface area contributed by atoms with Gasteiger partial charge in [0, 0.05) is 28.6 Å². The van der Waals surface area contributed by atoms with Crippen molar-refractivity contribution in [2.24, 2.45) is 5.92 Å². The van der Waals surface area contributed by atoms with Crippen LogP contribution >= 0.6 is 23.2 Å². The zero-order valence-electron chi connectivity index (χ0n) is 11.5. The Balaban J connectivity index is 2.16. The lowest BCUT2D eigenvalue weighted by molar-refractivity contribution is 0.0956. The van der Waals surface area contributed by atoms with Crippen molar-refractivity contribution in [3.63, 3.8) is 0 Å². The maximum atomic E-state index is 6.27. The molecule has 1 N–H and O–H groups in total. The summed E-state index contributed by atoms with van der Waals surface area (Å²) >= 11 is 12.5. The Hall–Kier alpha value is -0.280. The zero-order valence-corrected chi connectivity index (χ0v) is 13.0. The third kappa shape index (κ3) is 3.63. The van der Waals surface area contributed by atoms with E-state index < -0.39 is 0 Å². The standard InChI is InChI=1S/C15H21Cl2NO/c1-3-18-15(11-7-8-19-10(11)2)9-12-13(16)5-4-6-14(12)17/h4-6,10-11,15,18H,3,7-9H2,1-2H3. The molecule has 1 heterocycles. The summed E-state index contributed by atoms with van der Waals surface area (Å²) in [5, 5.41) is 5.06. The molecule has 4 heteroatoms. The van der Waals surface area contributed by atoms with Crippen LogP contribution in [-0.2, 0) is 11.2 Å². The van der Waals surface area contributed by atoms with Crippen LogP contribution in [0, 0.1) is 5.92 Å². The first-order valence-electron chi connectivity index (χ1n) is 6.91. The Morgan fingerprint density at radius 2 is 2.05 bits per heavy atom. The number of hydrogen-bond donors (Lipinski definition) is 1. The van der Waals surface area contributed by atoms with Gasteiger partial charge in [-0.1, -0.05) is 36.2 Å². The van der Waals surface area contributed by atoms with Crippen LogP contribution in [0.5, 0.6) is 0 Å². The smallest absolute Gasteiger partial charge is 0.0590 e. The molecule has 2 nitrogen and oxygen atoms in total. The van der Waals surface area contributed by atoms with E-state index in [0.717, 1.165) is 41.6 Å². The van der Waals surface area contributed by atoms with E-state index in [2.05, 4.69) is 19.2 Å². The summed E-state index contributed by atoms with van der Waals surface area (Å²) in [6.45, 7) is 6.07. The Morgan fingerprint density at radius 3 is 2.58 bits per heavy atom. The van der Waals surface area contributed by atoms with Crippen LogP contribution in [0.3, 0.4) is 0 Å². The number of nitrogens with one attached hydrogen (secondary N) is 1. The van der Waals surface area contributed by atoms with Crippen LogP contribution in [0.25, 0.3) is 0 Å². The van der Waals surface area contributed by atoms with E-state index in [9.17, 15) is 0 Å². The number of rotatable bonds is 5. The minimum absolute atomic E-state index is 0.297. The topological polar surface area (TPSA) is 21.3 Å². The van der Waals surface area contributed by atoms with Crippen molar-refractivity contribution < 1.29 is 4.74 Å². The van der Waals surface area contributed by atoms with E-state index in [-0.39, 0.29) is 0 Å². The highest BCUT2D eigenvalue weighted by Crippen LogP contribution is 2.30. The minimum Gasteiger partial charge on any atom is -0.378 e. The summed E-state index contributed by atoms with van der Waals surface area (Å²) in [4.78, 5) is 0. The molecule has 1 aliphatic heterocycles. The lowest BCUT2D eigenvalue weighted by atomic mass is 9.88. The second-order valence-corrected chi connectivity index (χ2v) is 5.91. The van der Waals surface area contributed by atoms with E-state index in [1.165, 1.54) is 0 Å². The van der Waals surface area contributed by atoms with Crippen molar-refractivity contribution in [1.82, 2.24) is 5.32 Å². The molecular formula is C15H21Cl2NO. The summed E-state index contributed by atoms with van der Waals surface area (Å²) in [6.07, 6.45) is 2.25. The minimum atomic E-state index is 0.297. The average molecular weight is 302 g/mol. The first-order valence-corrected chi connectivity index (χ1v) is 7.67. The fourth-order valence-electron chi connectivity index (χ4n) is 2.86. The largest absolute Gasteiger partial charge is 0.378 e. The maximum Gasteiger partial charge on any atom is 0.0590 e. The van der Waals surface area contributed by atoms with E-state index in [1.807, 2.05) is 18.2 Å². The third-order valence-electron chi connectivity index (χ3n) is 3.90. The van der Waals surface area contributed by atoms with Crippen LogP contribution < -0.4 is 5.32 Å². The molecule has 0 amide bonds. The van der Waals surface area contributed by atoms with Gasteiger partial charge in [0.15, 0.2) is 0 Å². The molecule has 106 valence electrons. The van der Waals surface area contributed by atoms with Gasteiger partial charge in [0.25, 0.3) is 0 Å². The summed E-state index contributed by atoms with van der Waals surface area (Å²) in [5.74, 6) is 0.521. The highest BCUT2D eigenvalue weighted by molar-refractivity contribution is 6.36. The number of ether oxygens (including phenoxy) is 1. The second-order valence-electron chi connectivity index (χ2n) is 5.10. The quantitative estimate of drug-likeness (QED) is 0.889. The fourth-order valence-corrected chi connectivity index (χ4v) is 3.41. The average Bonchev–Trinajstić information content (AvgIpc) is 2.79. The van der Waals surface area contributed by atoms with Gasteiger partial charge in [0.2, 0.25) is 0 Å². The van der Waals surface area contributed by atoms with Crippen molar-refractivity contribution in [2.75, 3.05) is 13.2 Å². The number of halogens is 2. The fraction of sp³-hybridized carbons (Fsp3) is 0.600. The maximum absolute atomic E-state index is 6.27. The van der Waals surface area contributed by atoms with Crippen molar-refractivity contribution in [2.45, 2.75) is 38.8 Å². The van der Waals surface area contributed by atoms with Gasteiger partial charge in [0.1, 0.15) is 0 Å². The van der Waals surface area contributed by atoms with E-state index in [0.29, 0.717) is 18.1 Å². The molecule has 19 heavy (non-hydrogen) atoms. The van der Waals surface area contributed by atoms with Crippen LogP contribution in [-0.4, -0.2) is 25.3 Å². The Labute approximate surface area is 125 Å². The molecule has 1 saturated heterocycles. The summed E-state index contributed by atoms with van der Waals surface area (Å²) in [7, 11) is 0. The SMILES string of the molecule is CCNC(Cc1c(Cl)cccc1Cl)C1CCOC1C. The van der Waals surface area contributed by atoms with Gasteiger partial charge in [-0.3, -0.25) is 0 Å². The van der Waals surface area contributed by atoms with Gasteiger partial charge in [-0.25, -0.2) is 0 Å². The molecule has 1 aromatic carbocycles. The van der Waals surface area contributed by atoms with Crippen LogP contribution in [0.15, 0.2) is 18.2 Å². The molecule has 0 aliphatic carbocycles. The van der Waals surface area contributed by atoms with E-state index in [4.69, 9.17) is 27.9 Å². The molecule has 3 unspecified atom stereocenters. The van der Waals surface area contributed by atoms with Gasteiger partial charge in [-0.15, -0.1) is 0 Å². The monoisotopic (exact) mass is 301 g/mol. The third-order valence-corrected chi connectivity index (χ3v) is 4.61. The summed E-state index contributed by atoms with van der Waals surface area (Å²) in [6, 6.07) is 6.05. The lowest BCUT2D eigenvalue weighted by Crippen LogP contribution is -2.41. The number of hydrogen-bond acceptors (Lipinski definition) is 2. The van der Waals surface area contributed by atoms with Gasteiger partial charge >= 0.3 is 0 Å². The summed E-state index contributed by atoms with van der Waals surface area (Å²) < 4.78 is 5.68. The Kier molecular flexibility index (Phi) is 5.52. The van der Waals surface area contributed by atoms with Gasteiger partial charge in [-0.2, -0.15) is 0 Å². The first-order chi connectivity index (χ1) is 9.13. The normalized spacial score (nSPS) is 24.6. The molecule has 1 aromatic rings. The molecule has 0 radical (unpaired) electrons. The van der Waals surface area contributed by atoms with Crippen molar-refractivity contribution in [1.29, 1.82) is 0 Å². The first kappa shape index (κ1) is 15.1. The summed E-state index contributed by atoms with van der Waals surface area (Å²) in [5.41, 5.74) is 1.04. The molecule has 1 aliphatic rings. The zero-order chi connectivity index (χ0) is 13.8. The van der Waals surface area contributed by atoms with Gasteiger partial charge < -0.3 is 10.1 Å².